The number of para-hydroxylation sites is 1. The number of nitrogens with one attached hydrogen (secondary N) is 1. The zero-order valence-corrected chi connectivity index (χ0v) is 14.5. The third kappa shape index (κ3) is 3.82. The van der Waals surface area contributed by atoms with Crippen LogP contribution in [0.15, 0.2) is 54.6 Å². The average Bonchev–Trinajstić information content (AvgIpc) is 2.55. The molecule has 1 N–H and O–H groups in total. The Kier molecular flexibility index (Phi) is 4.82. The van der Waals surface area contributed by atoms with E-state index in [1.165, 1.54) is 11.3 Å². The summed E-state index contributed by atoms with van der Waals surface area (Å²) < 4.78 is 0. The number of benzene rings is 2. The third-order valence-corrected chi connectivity index (χ3v) is 4.63. The monoisotopic (exact) mass is 325 g/mol. The smallest absolute Gasteiger partial charge is 0.173 e. The van der Waals surface area contributed by atoms with Crippen LogP contribution in [0.25, 0.3) is 0 Å². The molecule has 3 rings (SSSR count). The van der Waals surface area contributed by atoms with Gasteiger partial charge in [-0.15, -0.1) is 0 Å². The average molecular weight is 325 g/mol. The van der Waals surface area contributed by atoms with Gasteiger partial charge in [-0.05, 0) is 55.9 Å². The van der Waals surface area contributed by atoms with Crippen LogP contribution in [0.2, 0.25) is 0 Å². The maximum Gasteiger partial charge on any atom is 0.173 e. The molecule has 2 aromatic carbocycles. The normalized spacial score (nSPS) is 17.9. The fraction of sp³-hybridized carbons (Fsp3) is 0.316. The summed E-state index contributed by atoms with van der Waals surface area (Å²) in [5.74, 6) is 0. The van der Waals surface area contributed by atoms with Crippen LogP contribution < -0.4 is 10.2 Å². The van der Waals surface area contributed by atoms with Crippen LogP contribution in [0.1, 0.15) is 12.5 Å². The highest BCUT2D eigenvalue weighted by Gasteiger charge is 2.25. The van der Waals surface area contributed by atoms with Crippen LogP contribution in [0.3, 0.4) is 0 Å². The van der Waals surface area contributed by atoms with Gasteiger partial charge < -0.3 is 15.1 Å². The van der Waals surface area contributed by atoms with Crippen LogP contribution in [-0.4, -0.2) is 35.7 Å². The number of aryl methyl sites for hydroxylation is 1. The molecular formula is C19H23N3S. The van der Waals surface area contributed by atoms with Crippen LogP contribution in [0.4, 0.5) is 11.4 Å². The summed E-state index contributed by atoms with van der Waals surface area (Å²) in [5, 5.41) is 4.15. The molecular weight excluding hydrogens is 302 g/mol. The van der Waals surface area contributed by atoms with E-state index in [4.69, 9.17) is 12.2 Å². The fourth-order valence-corrected chi connectivity index (χ4v) is 3.34. The molecule has 0 aromatic heterocycles. The first kappa shape index (κ1) is 15.8. The van der Waals surface area contributed by atoms with Crippen LogP contribution in [0.5, 0.6) is 0 Å². The van der Waals surface area contributed by atoms with Gasteiger partial charge in [-0.25, -0.2) is 0 Å². The molecule has 1 aliphatic heterocycles. The van der Waals surface area contributed by atoms with Gasteiger partial charge in [-0.2, -0.15) is 0 Å². The Morgan fingerprint density at radius 2 is 1.87 bits per heavy atom. The predicted octanol–water partition coefficient (Wildman–Crippen LogP) is 3.90. The minimum absolute atomic E-state index is 0.432. The first-order valence-electron chi connectivity index (χ1n) is 8.08. The van der Waals surface area contributed by atoms with E-state index in [1.807, 2.05) is 30.3 Å². The van der Waals surface area contributed by atoms with Crippen LogP contribution in [-0.2, 0) is 0 Å². The topological polar surface area (TPSA) is 18.5 Å². The summed E-state index contributed by atoms with van der Waals surface area (Å²) >= 11 is 5.58. The highest BCUT2D eigenvalue weighted by atomic mass is 32.1. The summed E-state index contributed by atoms with van der Waals surface area (Å²) in [6.07, 6.45) is 0. The van der Waals surface area contributed by atoms with Gasteiger partial charge in [0.15, 0.2) is 5.11 Å². The van der Waals surface area contributed by atoms with Crippen molar-refractivity contribution in [2.75, 3.05) is 29.9 Å². The molecule has 1 heterocycles. The molecule has 1 atom stereocenters. The van der Waals surface area contributed by atoms with E-state index in [0.717, 1.165) is 30.4 Å². The van der Waals surface area contributed by atoms with E-state index in [-0.39, 0.29) is 0 Å². The number of hydrogen-bond acceptors (Lipinski definition) is 2. The van der Waals surface area contributed by atoms with E-state index < -0.39 is 0 Å². The molecule has 120 valence electrons. The molecule has 0 amide bonds. The van der Waals surface area contributed by atoms with Crippen LogP contribution >= 0.6 is 12.2 Å². The second-order valence-electron chi connectivity index (χ2n) is 6.12. The summed E-state index contributed by atoms with van der Waals surface area (Å²) in [6, 6.07) is 19.3. The van der Waals surface area contributed by atoms with E-state index in [9.17, 15) is 0 Å². The summed E-state index contributed by atoms with van der Waals surface area (Å²) in [5.41, 5.74) is 3.66. The number of hydrogen-bond donors (Lipinski definition) is 1. The molecule has 0 spiro atoms. The summed E-state index contributed by atoms with van der Waals surface area (Å²) in [7, 11) is 0. The summed E-state index contributed by atoms with van der Waals surface area (Å²) in [6.45, 7) is 7.27. The highest BCUT2D eigenvalue weighted by molar-refractivity contribution is 7.80. The molecule has 0 saturated carbocycles. The predicted molar refractivity (Wildman–Crippen MR) is 102 cm³/mol. The van der Waals surface area contributed by atoms with Crippen molar-refractivity contribution in [3.63, 3.8) is 0 Å². The van der Waals surface area contributed by atoms with Crippen molar-refractivity contribution in [3.05, 3.63) is 60.2 Å². The second kappa shape index (κ2) is 7.01. The van der Waals surface area contributed by atoms with Crippen molar-refractivity contribution >= 4 is 28.7 Å². The van der Waals surface area contributed by atoms with Gasteiger partial charge in [0.25, 0.3) is 0 Å². The van der Waals surface area contributed by atoms with Gasteiger partial charge in [-0.1, -0.05) is 30.3 Å². The minimum Gasteiger partial charge on any atom is -0.365 e. The maximum absolute atomic E-state index is 5.58. The standard InChI is InChI=1S/C19H23N3S/c1-15-7-6-10-18(13-15)22-12-11-21(14-16(22)2)19(23)20-17-8-4-3-5-9-17/h3-10,13,16H,11-12,14H2,1-2H3,(H,20,23). The van der Waals surface area contributed by atoms with Crippen molar-refractivity contribution < 1.29 is 0 Å². The Morgan fingerprint density at radius 3 is 2.57 bits per heavy atom. The van der Waals surface area contributed by atoms with Gasteiger partial charge in [0.05, 0.1) is 0 Å². The number of rotatable bonds is 2. The van der Waals surface area contributed by atoms with Crippen molar-refractivity contribution in [2.45, 2.75) is 19.9 Å². The van der Waals surface area contributed by atoms with Crippen molar-refractivity contribution in [1.29, 1.82) is 0 Å². The molecule has 3 nitrogen and oxygen atoms in total. The fourth-order valence-electron chi connectivity index (χ4n) is 3.06. The molecule has 1 unspecified atom stereocenters. The lowest BCUT2D eigenvalue weighted by atomic mass is 10.1. The Labute approximate surface area is 143 Å². The van der Waals surface area contributed by atoms with Gasteiger partial charge in [0.2, 0.25) is 0 Å². The number of piperazine rings is 1. The maximum atomic E-state index is 5.58. The molecule has 0 aliphatic carbocycles. The van der Waals surface area contributed by atoms with Gasteiger partial charge in [-0.3, -0.25) is 0 Å². The Hall–Kier alpha value is -2.07. The Bertz CT molecular complexity index is 671. The molecule has 23 heavy (non-hydrogen) atoms. The zero-order chi connectivity index (χ0) is 16.2. The molecule has 1 aliphatic rings. The minimum atomic E-state index is 0.432. The van der Waals surface area contributed by atoms with Crippen LogP contribution in [0, 0.1) is 6.92 Å². The van der Waals surface area contributed by atoms with Crippen molar-refractivity contribution in [3.8, 4) is 0 Å². The molecule has 0 radical (unpaired) electrons. The quantitative estimate of drug-likeness (QED) is 0.844. The third-order valence-electron chi connectivity index (χ3n) is 4.27. The molecule has 1 saturated heterocycles. The largest absolute Gasteiger partial charge is 0.365 e. The van der Waals surface area contributed by atoms with Crippen molar-refractivity contribution in [1.82, 2.24) is 4.90 Å². The van der Waals surface area contributed by atoms with E-state index in [0.29, 0.717) is 6.04 Å². The van der Waals surface area contributed by atoms with Gasteiger partial charge >= 0.3 is 0 Å². The lowest BCUT2D eigenvalue weighted by molar-refractivity contribution is 0.342. The number of thiocarbonyl (C=S) groups is 1. The second-order valence-corrected chi connectivity index (χ2v) is 6.51. The lowest BCUT2D eigenvalue weighted by Gasteiger charge is -2.42. The molecule has 2 aromatic rings. The molecule has 1 fully saturated rings. The van der Waals surface area contributed by atoms with E-state index >= 15 is 0 Å². The first-order chi connectivity index (χ1) is 11.1. The zero-order valence-electron chi connectivity index (χ0n) is 13.7. The lowest BCUT2D eigenvalue weighted by Crippen LogP contribution is -2.54. The highest BCUT2D eigenvalue weighted by Crippen LogP contribution is 2.22. The molecule has 4 heteroatoms. The SMILES string of the molecule is Cc1cccc(N2CCN(C(=S)Nc3ccccc3)CC2C)c1. The first-order valence-corrected chi connectivity index (χ1v) is 8.48. The number of nitrogens with zero attached hydrogens (tertiary/aromatic N) is 2. The number of anilines is 2. The van der Waals surface area contributed by atoms with Gasteiger partial charge in [0, 0.05) is 37.1 Å². The molecule has 0 bridgehead atoms. The summed E-state index contributed by atoms with van der Waals surface area (Å²) in [4.78, 5) is 4.73. The Balaban J connectivity index is 1.63. The van der Waals surface area contributed by atoms with Gasteiger partial charge in [0.1, 0.15) is 0 Å². The van der Waals surface area contributed by atoms with E-state index in [1.54, 1.807) is 0 Å². The van der Waals surface area contributed by atoms with Crippen molar-refractivity contribution in [2.24, 2.45) is 0 Å². The Morgan fingerprint density at radius 1 is 1.09 bits per heavy atom. The van der Waals surface area contributed by atoms with E-state index in [2.05, 4.69) is 53.2 Å².